The smallest absolute Gasteiger partial charge is 0.246 e. The number of hydrogen-bond donors (Lipinski definition) is 1. The topological polar surface area (TPSA) is 113 Å². The van der Waals surface area contributed by atoms with Crippen LogP contribution in [0.1, 0.15) is 51.4 Å². The van der Waals surface area contributed by atoms with Crippen LogP contribution in [-0.4, -0.2) is 62.1 Å². The van der Waals surface area contributed by atoms with Crippen molar-refractivity contribution in [2.45, 2.75) is 56.3 Å². The first-order valence-corrected chi connectivity index (χ1v) is 13.1. The molecule has 33 heavy (non-hydrogen) atoms. The quantitative estimate of drug-likeness (QED) is 0.604. The van der Waals surface area contributed by atoms with Gasteiger partial charge in [-0.1, -0.05) is 19.3 Å². The largest absolute Gasteiger partial charge is 0.495 e. The van der Waals surface area contributed by atoms with Gasteiger partial charge >= 0.3 is 0 Å². The second-order valence-electron chi connectivity index (χ2n) is 8.95. The SMILES string of the molecule is COc1ccc(NC(=O)CCN2C(=O)C3CCCCC3C2=O)cc1S(=O)(=O)N1CCCCC1. The van der Waals surface area contributed by atoms with Gasteiger partial charge in [0, 0.05) is 31.7 Å². The van der Waals surface area contributed by atoms with E-state index in [0.29, 0.717) is 18.8 Å². The Bertz CT molecular complexity index is 1010. The summed E-state index contributed by atoms with van der Waals surface area (Å²) in [5, 5.41) is 2.70. The average molecular weight is 478 g/mol. The molecule has 2 unspecified atom stereocenters. The number of nitrogens with one attached hydrogen (secondary N) is 1. The fourth-order valence-electron chi connectivity index (χ4n) is 5.09. The van der Waals surface area contributed by atoms with E-state index in [1.54, 1.807) is 6.07 Å². The van der Waals surface area contributed by atoms with Gasteiger partial charge in [-0.2, -0.15) is 4.31 Å². The Morgan fingerprint density at radius 2 is 1.67 bits per heavy atom. The first-order chi connectivity index (χ1) is 15.8. The highest BCUT2D eigenvalue weighted by Gasteiger charge is 2.47. The van der Waals surface area contributed by atoms with Crippen LogP contribution in [0.4, 0.5) is 5.69 Å². The molecular weight excluding hydrogens is 446 g/mol. The summed E-state index contributed by atoms with van der Waals surface area (Å²) in [5.74, 6) is -0.989. The maximum Gasteiger partial charge on any atom is 0.246 e. The first kappa shape index (κ1) is 23.7. The minimum Gasteiger partial charge on any atom is -0.495 e. The van der Waals surface area contributed by atoms with Gasteiger partial charge in [0.1, 0.15) is 10.6 Å². The number of carbonyl (C=O) groups excluding carboxylic acids is 3. The molecule has 9 nitrogen and oxygen atoms in total. The van der Waals surface area contributed by atoms with E-state index in [1.807, 2.05) is 0 Å². The van der Waals surface area contributed by atoms with Gasteiger partial charge in [-0.3, -0.25) is 19.3 Å². The molecule has 4 rings (SSSR count). The number of sulfonamides is 1. The van der Waals surface area contributed by atoms with Crippen LogP contribution in [0.3, 0.4) is 0 Å². The predicted octanol–water partition coefficient (Wildman–Crippen LogP) is 2.37. The third-order valence-corrected chi connectivity index (χ3v) is 8.79. The highest BCUT2D eigenvalue weighted by molar-refractivity contribution is 7.89. The summed E-state index contributed by atoms with van der Waals surface area (Å²) in [5.41, 5.74) is 0.323. The molecule has 0 spiro atoms. The molecule has 1 aromatic rings. The first-order valence-electron chi connectivity index (χ1n) is 11.7. The Kier molecular flexibility index (Phi) is 7.04. The predicted molar refractivity (Wildman–Crippen MR) is 121 cm³/mol. The van der Waals surface area contributed by atoms with Crippen LogP contribution < -0.4 is 10.1 Å². The number of fused-ring (bicyclic) bond motifs is 1. The summed E-state index contributed by atoms with van der Waals surface area (Å²) in [4.78, 5) is 39.0. The van der Waals surface area contributed by atoms with Gasteiger partial charge in [0.25, 0.3) is 0 Å². The van der Waals surface area contributed by atoms with Crippen LogP contribution in [0.2, 0.25) is 0 Å². The summed E-state index contributed by atoms with van der Waals surface area (Å²) in [6, 6.07) is 4.50. The van der Waals surface area contributed by atoms with Gasteiger partial charge in [-0.25, -0.2) is 8.42 Å². The lowest BCUT2D eigenvalue weighted by Crippen LogP contribution is -2.35. The Hall–Kier alpha value is -2.46. The molecule has 1 aliphatic carbocycles. The van der Waals surface area contributed by atoms with Crippen molar-refractivity contribution in [3.63, 3.8) is 0 Å². The van der Waals surface area contributed by atoms with Crippen LogP contribution in [-0.2, 0) is 24.4 Å². The fraction of sp³-hybridized carbons (Fsp3) is 0.609. The van der Waals surface area contributed by atoms with E-state index < -0.39 is 15.9 Å². The van der Waals surface area contributed by atoms with Crippen molar-refractivity contribution >= 4 is 33.4 Å². The number of methoxy groups -OCH3 is 1. The van der Waals surface area contributed by atoms with E-state index >= 15 is 0 Å². The molecule has 10 heteroatoms. The zero-order chi connectivity index (χ0) is 23.6. The fourth-order valence-corrected chi connectivity index (χ4v) is 6.79. The normalized spacial score (nSPS) is 24.0. The highest BCUT2D eigenvalue weighted by Crippen LogP contribution is 2.38. The van der Waals surface area contributed by atoms with Crippen molar-refractivity contribution in [2.75, 3.05) is 32.1 Å². The third kappa shape index (κ3) is 4.77. The standard InChI is InChI=1S/C23H31N3O6S/c1-32-19-10-9-16(15-20(19)33(30,31)25-12-5-2-6-13-25)24-21(27)11-14-26-22(28)17-7-3-4-8-18(17)23(26)29/h9-10,15,17-18H,2-8,11-14H2,1H3,(H,24,27). The third-order valence-electron chi connectivity index (χ3n) is 6.88. The minimum absolute atomic E-state index is 0.0127. The van der Waals surface area contributed by atoms with Gasteiger partial charge in [-0.05, 0) is 43.9 Å². The molecule has 2 saturated heterocycles. The summed E-state index contributed by atoms with van der Waals surface area (Å²) >= 11 is 0. The lowest BCUT2D eigenvalue weighted by atomic mass is 9.81. The maximum absolute atomic E-state index is 13.2. The number of anilines is 1. The summed E-state index contributed by atoms with van der Waals surface area (Å²) < 4.78 is 33.0. The Balaban J connectivity index is 1.42. The number of hydrogen-bond acceptors (Lipinski definition) is 6. The Morgan fingerprint density at radius 1 is 1.03 bits per heavy atom. The van der Waals surface area contributed by atoms with Gasteiger partial charge in [0.2, 0.25) is 27.7 Å². The van der Waals surface area contributed by atoms with Gasteiger partial charge in [0.15, 0.2) is 0 Å². The monoisotopic (exact) mass is 477 g/mol. The van der Waals surface area contributed by atoms with Crippen LogP contribution >= 0.6 is 0 Å². The molecule has 3 aliphatic rings. The van der Waals surface area contributed by atoms with E-state index in [1.165, 1.54) is 28.4 Å². The van der Waals surface area contributed by atoms with Crippen molar-refractivity contribution < 1.29 is 27.5 Å². The number of imide groups is 1. The van der Waals surface area contributed by atoms with Crippen molar-refractivity contribution in [1.29, 1.82) is 0 Å². The second kappa shape index (κ2) is 9.80. The van der Waals surface area contributed by atoms with Crippen LogP contribution in [0.15, 0.2) is 23.1 Å². The molecular formula is C23H31N3O6S. The number of carbonyl (C=O) groups is 3. The van der Waals surface area contributed by atoms with Crippen molar-refractivity contribution in [3.8, 4) is 5.75 Å². The number of likely N-dealkylation sites (tertiary alicyclic amines) is 1. The van der Waals surface area contributed by atoms with Crippen LogP contribution in [0, 0.1) is 11.8 Å². The number of piperidine rings is 1. The van der Waals surface area contributed by atoms with Gasteiger partial charge in [-0.15, -0.1) is 0 Å². The number of nitrogens with zero attached hydrogens (tertiary/aromatic N) is 2. The Morgan fingerprint density at radius 3 is 2.27 bits per heavy atom. The molecule has 2 atom stereocenters. The molecule has 1 aromatic carbocycles. The number of ether oxygens (including phenoxy) is 1. The van der Waals surface area contributed by atoms with E-state index in [2.05, 4.69) is 5.32 Å². The second-order valence-corrected chi connectivity index (χ2v) is 10.9. The van der Waals surface area contributed by atoms with Crippen molar-refractivity contribution in [2.24, 2.45) is 11.8 Å². The van der Waals surface area contributed by atoms with E-state index in [9.17, 15) is 22.8 Å². The molecule has 3 amide bonds. The maximum atomic E-state index is 13.2. The molecule has 0 aromatic heterocycles. The van der Waals surface area contributed by atoms with E-state index in [4.69, 9.17) is 4.74 Å². The number of benzene rings is 1. The molecule has 3 fully saturated rings. The molecule has 0 radical (unpaired) electrons. The molecule has 2 aliphatic heterocycles. The molecule has 1 N–H and O–H groups in total. The minimum atomic E-state index is -3.76. The van der Waals surface area contributed by atoms with E-state index in [-0.39, 0.29) is 47.3 Å². The van der Waals surface area contributed by atoms with Gasteiger partial charge < -0.3 is 10.1 Å². The van der Waals surface area contributed by atoms with Crippen LogP contribution in [0.5, 0.6) is 5.75 Å². The van der Waals surface area contributed by atoms with Crippen molar-refractivity contribution in [1.82, 2.24) is 9.21 Å². The lowest BCUT2D eigenvalue weighted by molar-refractivity contribution is -0.140. The summed E-state index contributed by atoms with van der Waals surface area (Å²) in [6.45, 7) is 0.954. The number of amides is 3. The zero-order valence-corrected chi connectivity index (χ0v) is 19.7. The molecule has 180 valence electrons. The van der Waals surface area contributed by atoms with E-state index in [0.717, 1.165) is 44.9 Å². The molecule has 0 bridgehead atoms. The average Bonchev–Trinajstić information content (AvgIpc) is 3.08. The zero-order valence-electron chi connectivity index (χ0n) is 18.9. The summed E-state index contributed by atoms with van der Waals surface area (Å²) in [6.07, 6.45) is 5.96. The number of rotatable bonds is 7. The summed E-state index contributed by atoms with van der Waals surface area (Å²) in [7, 11) is -2.35. The lowest BCUT2D eigenvalue weighted by Gasteiger charge is -2.26. The molecule has 1 saturated carbocycles. The van der Waals surface area contributed by atoms with Crippen molar-refractivity contribution in [3.05, 3.63) is 18.2 Å². The molecule has 2 heterocycles. The van der Waals surface area contributed by atoms with Gasteiger partial charge in [0.05, 0.1) is 18.9 Å². The van der Waals surface area contributed by atoms with Crippen LogP contribution in [0.25, 0.3) is 0 Å². The Labute approximate surface area is 194 Å². The highest BCUT2D eigenvalue weighted by atomic mass is 32.2.